The summed E-state index contributed by atoms with van der Waals surface area (Å²) in [5.41, 5.74) is 2.32. The molecule has 0 bridgehead atoms. The highest BCUT2D eigenvalue weighted by Crippen LogP contribution is 2.34. The third-order valence-electron chi connectivity index (χ3n) is 5.71. The highest BCUT2D eigenvalue weighted by Gasteiger charge is 2.33. The van der Waals surface area contributed by atoms with Crippen LogP contribution in [0.5, 0.6) is 0 Å². The van der Waals surface area contributed by atoms with Gasteiger partial charge in [-0.3, -0.25) is 0 Å². The Balaban J connectivity index is 1.48. The first-order chi connectivity index (χ1) is 11.7. The van der Waals surface area contributed by atoms with Gasteiger partial charge in [0, 0.05) is 5.39 Å². The first-order valence-corrected chi connectivity index (χ1v) is 11.1. The molecule has 1 aliphatic rings. The summed E-state index contributed by atoms with van der Waals surface area (Å²) in [4.78, 5) is 0. The van der Waals surface area contributed by atoms with Crippen LogP contribution in [0.2, 0.25) is 0 Å². The van der Waals surface area contributed by atoms with Crippen LogP contribution in [0.25, 0.3) is 11.0 Å². The number of sulfone groups is 1. The van der Waals surface area contributed by atoms with E-state index in [0.717, 1.165) is 43.6 Å². The average Bonchev–Trinajstić information content (AvgIpc) is 3.00. The molecule has 4 heteroatoms. The minimum absolute atomic E-state index is 0.350. The molecular formula is C21H30O3S. The lowest BCUT2D eigenvalue weighted by atomic mass is 9.80. The molecule has 0 unspecified atom stereocenters. The van der Waals surface area contributed by atoms with Crippen molar-refractivity contribution in [3.63, 3.8) is 0 Å². The van der Waals surface area contributed by atoms with Crippen molar-refractivity contribution in [2.45, 2.75) is 64.0 Å². The average molecular weight is 363 g/mol. The lowest BCUT2D eigenvalue weighted by Gasteiger charge is -2.30. The van der Waals surface area contributed by atoms with E-state index in [1.165, 1.54) is 17.4 Å². The Morgan fingerprint density at radius 1 is 1.04 bits per heavy atom. The van der Waals surface area contributed by atoms with E-state index >= 15 is 0 Å². The van der Waals surface area contributed by atoms with Gasteiger partial charge in [-0.15, -0.1) is 0 Å². The molecule has 138 valence electrons. The van der Waals surface area contributed by atoms with Crippen molar-refractivity contribution in [1.29, 1.82) is 0 Å². The summed E-state index contributed by atoms with van der Waals surface area (Å²) < 4.78 is 29.5. The van der Waals surface area contributed by atoms with Crippen LogP contribution < -0.4 is 0 Å². The standard InChI is InChI=1S/C21H30O3S/c1-21(2,3)25(22,23)15-18-8-5-16(6-9-18)4-7-17-10-11-20-19(14-17)12-13-24-20/h10-14,16,18H,4-9,15H2,1-3H3. The normalized spacial score (nSPS) is 22.4. The van der Waals surface area contributed by atoms with E-state index in [4.69, 9.17) is 4.42 Å². The maximum atomic E-state index is 12.4. The van der Waals surface area contributed by atoms with E-state index in [9.17, 15) is 8.42 Å². The number of furan rings is 1. The van der Waals surface area contributed by atoms with Gasteiger partial charge in [-0.2, -0.15) is 0 Å². The maximum absolute atomic E-state index is 12.4. The Morgan fingerprint density at radius 3 is 2.40 bits per heavy atom. The first-order valence-electron chi connectivity index (χ1n) is 9.43. The van der Waals surface area contributed by atoms with Crippen LogP contribution in [0, 0.1) is 11.8 Å². The molecule has 0 spiro atoms. The van der Waals surface area contributed by atoms with E-state index in [1.807, 2.05) is 26.8 Å². The second-order valence-corrected chi connectivity index (χ2v) is 11.4. The van der Waals surface area contributed by atoms with Gasteiger partial charge in [-0.05, 0) is 82.1 Å². The molecule has 0 N–H and O–H groups in total. The summed E-state index contributed by atoms with van der Waals surface area (Å²) in [6.07, 6.45) is 8.47. The zero-order valence-electron chi connectivity index (χ0n) is 15.6. The van der Waals surface area contributed by atoms with Crippen LogP contribution in [0.15, 0.2) is 34.9 Å². The van der Waals surface area contributed by atoms with E-state index in [-0.39, 0.29) is 0 Å². The number of aryl methyl sites for hydroxylation is 1. The first kappa shape index (κ1) is 18.5. The second-order valence-electron chi connectivity index (χ2n) is 8.61. The number of hydrogen-bond acceptors (Lipinski definition) is 3. The van der Waals surface area contributed by atoms with Gasteiger partial charge in [0.25, 0.3) is 0 Å². The molecule has 0 amide bonds. The highest BCUT2D eigenvalue weighted by atomic mass is 32.2. The van der Waals surface area contributed by atoms with Gasteiger partial charge < -0.3 is 4.42 Å². The Hall–Kier alpha value is -1.29. The molecular weight excluding hydrogens is 332 g/mol. The predicted octanol–water partition coefficient (Wildman–Crippen LogP) is 5.39. The fourth-order valence-electron chi connectivity index (χ4n) is 3.79. The number of benzene rings is 1. The van der Waals surface area contributed by atoms with Gasteiger partial charge in [0.1, 0.15) is 5.58 Å². The molecule has 1 aliphatic carbocycles. The smallest absolute Gasteiger partial charge is 0.155 e. The van der Waals surface area contributed by atoms with Crippen LogP contribution in [0.4, 0.5) is 0 Å². The van der Waals surface area contributed by atoms with E-state index in [0.29, 0.717) is 11.7 Å². The van der Waals surface area contributed by atoms with Crippen molar-refractivity contribution in [3.8, 4) is 0 Å². The topological polar surface area (TPSA) is 47.3 Å². The van der Waals surface area contributed by atoms with Gasteiger partial charge in [0.15, 0.2) is 9.84 Å². The van der Waals surface area contributed by atoms with Gasteiger partial charge in [-0.1, -0.05) is 18.9 Å². The maximum Gasteiger partial charge on any atom is 0.155 e. The molecule has 3 nitrogen and oxygen atoms in total. The van der Waals surface area contributed by atoms with Gasteiger partial charge in [0.05, 0.1) is 16.8 Å². The zero-order chi connectivity index (χ0) is 18.1. The molecule has 0 saturated heterocycles. The molecule has 0 aliphatic heterocycles. The Morgan fingerprint density at radius 2 is 1.72 bits per heavy atom. The summed E-state index contributed by atoms with van der Waals surface area (Å²) in [6.45, 7) is 5.43. The van der Waals surface area contributed by atoms with Gasteiger partial charge in [0.2, 0.25) is 0 Å². The van der Waals surface area contributed by atoms with Crippen LogP contribution in [0.1, 0.15) is 58.4 Å². The lowest BCUT2D eigenvalue weighted by Crippen LogP contribution is -2.34. The largest absolute Gasteiger partial charge is 0.464 e. The third kappa shape index (κ3) is 4.46. The van der Waals surface area contributed by atoms with Crippen LogP contribution in [-0.2, 0) is 16.3 Å². The molecule has 0 atom stereocenters. The van der Waals surface area contributed by atoms with Crippen molar-refractivity contribution < 1.29 is 12.8 Å². The molecule has 1 aromatic heterocycles. The predicted molar refractivity (Wildman–Crippen MR) is 104 cm³/mol. The molecule has 3 rings (SSSR count). The molecule has 1 heterocycles. The molecule has 1 fully saturated rings. The van der Waals surface area contributed by atoms with Gasteiger partial charge in [-0.25, -0.2) is 8.42 Å². The van der Waals surface area contributed by atoms with Crippen molar-refractivity contribution in [3.05, 3.63) is 36.1 Å². The number of fused-ring (bicyclic) bond motifs is 1. The Kier molecular flexibility index (Phi) is 5.29. The van der Waals surface area contributed by atoms with E-state index in [1.54, 1.807) is 6.26 Å². The molecule has 25 heavy (non-hydrogen) atoms. The summed E-state index contributed by atoms with van der Waals surface area (Å²) in [6, 6.07) is 8.45. The van der Waals surface area contributed by atoms with E-state index in [2.05, 4.69) is 18.2 Å². The minimum Gasteiger partial charge on any atom is -0.464 e. The summed E-state index contributed by atoms with van der Waals surface area (Å²) in [7, 11) is -2.99. The molecule has 1 saturated carbocycles. The molecule has 0 radical (unpaired) electrons. The highest BCUT2D eigenvalue weighted by molar-refractivity contribution is 7.92. The molecule has 2 aromatic rings. The van der Waals surface area contributed by atoms with Crippen molar-refractivity contribution >= 4 is 20.8 Å². The van der Waals surface area contributed by atoms with Crippen LogP contribution in [-0.4, -0.2) is 18.9 Å². The minimum atomic E-state index is -2.99. The summed E-state index contributed by atoms with van der Waals surface area (Å²) in [5.74, 6) is 1.44. The van der Waals surface area contributed by atoms with Crippen molar-refractivity contribution in [2.75, 3.05) is 5.75 Å². The van der Waals surface area contributed by atoms with Crippen LogP contribution >= 0.6 is 0 Å². The monoisotopic (exact) mass is 362 g/mol. The second kappa shape index (κ2) is 7.14. The van der Waals surface area contributed by atoms with Crippen molar-refractivity contribution in [1.82, 2.24) is 0 Å². The van der Waals surface area contributed by atoms with Crippen LogP contribution in [0.3, 0.4) is 0 Å². The Labute approximate surface area is 151 Å². The van der Waals surface area contributed by atoms with Crippen molar-refractivity contribution in [2.24, 2.45) is 11.8 Å². The quantitative estimate of drug-likeness (QED) is 0.717. The lowest BCUT2D eigenvalue weighted by molar-refractivity contribution is 0.278. The molecule has 1 aromatic carbocycles. The summed E-state index contributed by atoms with van der Waals surface area (Å²) in [5, 5.41) is 1.17. The zero-order valence-corrected chi connectivity index (χ0v) is 16.4. The van der Waals surface area contributed by atoms with E-state index < -0.39 is 14.6 Å². The fourth-order valence-corrected chi connectivity index (χ4v) is 5.24. The Bertz CT molecular complexity index is 803. The fraction of sp³-hybridized carbons (Fsp3) is 0.619. The SMILES string of the molecule is CC(C)(C)S(=O)(=O)CC1CCC(CCc2ccc3occc3c2)CC1. The summed E-state index contributed by atoms with van der Waals surface area (Å²) >= 11 is 0. The van der Waals surface area contributed by atoms with Gasteiger partial charge >= 0.3 is 0 Å². The third-order valence-corrected chi connectivity index (χ3v) is 8.49. The number of rotatable bonds is 5. The number of hydrogen-bond donors (Lipinski definition) is 0.